The molecule has 0 saturated heterocycles. The molecule has 6 heteroatoms. The first-order chi connectivity index (χ1) is 31.5. The first kappa shape index (κ1) is 59.8. The van der Waals surface area contributed by atoms with Crippen molar-refractivity contribution in [3.8, 4) is 0 Å². The van der Waals surface area contributed by atoms with Crippen LogP contribution in [-0.4, -0.2) is 37.2 Å². The van der Waals surface area contributed by atoms with E-state index in [1.165, 1.54) is 44.9 Å². The maximum absolute atomic E-state index is 12.7. The minimum Gasteiger partial charge on any atom is -0.462 e. The highest BCUT2D eigenvalue weighted by atomic mass is 16.6. The molecule has 0 spiro atoms. The number of hydrogen-bond acceptors (Lipinski definition) is 6. The number of rotatable bonds is 44. The minimum absolute atomic E-state index is 0.0868. The van der Waals surface area contributed by atoms with E-state index in [0.29, 0.717) is 19.3 Å². The van der Waals surface area contributed by atoms with Crippen molar-refractivity contribution in [3.05, 3.63) is 122 Å². The van der Waals surface area contributed by atoms with Crippen LogP contribution >= 0.6 is 0 Å². The van der Waals surface area contributed by atoms with E-state index in [-0.39, 0.29) is 31.6 Å². The zero-order chi connectivity index (χ0) is 46.5. The number of carbonyl (C=O) groups is 3. The van der Waals surface area contributed by atoms with Crippen molar-refractivity contribution in [2.75, 3.05) is 13.2 Å². The topological polar surface area (TPSA) is 78.9 Å². The molecule has 0 aromatic heterocycles. The average Bonchev–Trinajstić information content (AvgIpc) is 3.29. The summed E-state index contributed by atoms with van der Waals surface area (Å²) in [5.74, 6) is -1.09. The Morgan fingerprint density at radius 3 is 1.03 bits per heavy atom. The summed E-state index contributed by atoms with van der Waals surface area (Å²) in [6, 6.07) is 0. The summed E-state index contributed by atoms with van der Waals surface area (Å²) in [4.78, 5) is 37.9. The average molecular weight is 885 g/mol. The number of hydrogen-bond donors (Lipinski definition) is 0. The molecule has 0 aromatic carbocycles. The van der Waals surface area contributed by atoms with Gasteiger partial charge in [-0.05, 0) is 103 Å². The van der Waals surface area contributed by atoms with E-state index in [1.807, 2.05) is 6.08 Å². The van der Waals surface area contributed by atoms with Crippen LogP contribution < -0.4 is 0 Å². The van der Waals surface area contributed by atoms with Crippen LogP contribution in [0.4, 0.5) is 0 Å². The Labute approximate surface area is 392 Å². The number of unbranched alkanes of at least 4 members (excludes halogenated alkanes) is 14. The van der Waals surface area contributed by atoms with E-state index in [9.17, 15) is 14.4 Å². The maximum Gasteiger partial charge on any atom is 0.310 e. The predicted molar refractivity (Wildman–Crippen MR) is 274 cm³/mol. The van der Waals surface area contributed by atoms with Crippen LogP contribution in [0, 0.1) is 0 Å². The van der Waals surface area contributed by atoms with Crippen molar-refractivity contribution in [1.29, 1.82) is 0 Å². The molecule has 0 bridgehead atoms. The zero-order valence-electron chi connectivity index (χ0n) is 41.0. The second-order valence-corrected chi connectivity index (χ2v) is 16.3. The molecule has 0 rings (SSSR count). The van der Waals surface area contributed by atoms with Gasteiger partial charge in [-0.1, -0.05) is 206 Å². The SMILES string of the molecule is CC/C=C\C/C=C\C/C=C\C/C=C\C/C=C\CC(=O)OC(COC(=O)CCCCCCC/C=C\C/C=C\CCCC)COC(=O)CCCCCCCCC/C=C\C/C=C\C/C=C\CC. The largest absolute Gasteiger partial charge is 0.462 e. The Bertz CT molecular complexity index is 1390. The second-order valence-electron chi connectivity index (χ2n) is 16.3. The Morgan fingerprint density at radius 2 is 0.656 bits per heavy atom. The van der Waals surface area contributed by atoms with Gasteiger partial charge in [0, 0.05) is 12.8 Å². The van der Waals surface area contributed by atoms with Gasteiger partial charge in [0.05, 0.1) is 6.42 Å². The molecule has 0 N–H and O–H groups in total. The van der Waals surface area contributed by atoms with Gasteiger partial charge in [0.25, 0.3) is 0 Å². The molecule has 0 radical (unpaired) electrons. The molecule has 360 valence electrons. The summed E-state index contributed by atoms with van der Waals surface area (Å²) < 4.78 is 16.7. The molecule has 0 aliphatic heterocycles. The fourth-order valence-electron chi connectivity index (χ4n) is 6.43. The van der Waals surface area contributed by atoms with E-state index in [0.717, 1.165) is 116 Å². The summed E-state index contributed by atoms with van der Waals surface area (Å²) in [5.41, 5.74) is 0. The van der Waals surface area contributed by atoms with Gasteiger partial charge in [-0.15, -0.1) is 0 Å². The van der Waals surface area contributed by atoms with Crippen LogP contribution in [0.25, 0.3) is 0 Å². The Hall–Kier alpha value is -4.19. The molecule has 6 nitrogen and oxygen atoms in total. The summed E-state index contributed by atoms with van der Waals surface area (Å²) in [5, 5.41) is 0. The molecule has 0 aromatic rings. The van der Waals surface area contributed by atoms with Crippen molar-refractivity contribution in [2.45, 2.75) is 213 Å². The fraction of sp³-hybridized carbons (Fsp3) is 0.603. The molecule has 0 aliphatic rings. The number of ether oxygens (including phenoxy) is 3. The van der Waals surface area contributed by atoms with Crippen LogP contribution in [0.2, 0.25) is 0 Å². The van der Waals surface area contributed by atoms with Crippen molar-refractivity contribution in [1.82, 2.24) is 0 Å². The fourth-order valence-corrected chi connectivity index (χ4v) is 6.43. The van der Waals surface area contributed by atoms with Gasteiger partial charge in [-0.25, -0.2) is 0 Å². The van der Waals surface area contributed by atoms with Gasteiger partial charge < -0.3 is 14.2 Å². The van der Waals surface area contributed by atoms with Gasteiger partial charge in [-0.3, -0.25) is 14.4 Å². The molecule has 0 heterocycles. The van der Waals surface area contributed by atoms with Crippen LogP contribution in [0.5, 0.6) is 0 Å². The minimum atomic E-state index is -0.845. The van der Waals surface area contributed by atoms with Gasteiger partial charge in [0.15, 0.2) is 6.10 Å². The summed E-state index contributed by atoms with van der Waals surface area (Å²) in [7, 11) is 0. The van der Waals surface area contributed by atoms with E-state index in [4.69, 9.17) is 14.2 Å². The first-order valence-corrected chi connectivity index (χ1v) is 25.5. The Kier molecular flexibility index (Phi) is 48.1. The predicted octanol–water partition coefficient (Wildman–Crippen LogP) is 16.9. The number of carbonyl (C=O) groups excluding carboxylic acids is 3. The molecule has 0 aliphatic carbocycles. The van der Waals surface area contributed by atoms with Crippen LogP contribution in [0.15, 0.2) is 122 Å². The third kappa shape index (κ3) is 48.8. The molecular formula is C58H92O6. The highest BCUT2D eigenvalue weighted by molar-refractivity contribution is 5.72. The lowest BCUT2D eigenvalue weighted by Gasteiger charge is -2.18. The van der Waals surface area contributed by atoms with Gasteiger partial charge in [0.1, 0.15) is 13.2 Å². The third-order valence-corrected chi connectivity index (χ3v) is 10.2. The lowest BCUT2D eigenvalue weighted by molar-refractivity contribution is -0.166. The van der Waals surface area contributed by atoms with Gasteiger partial charge >= 0.3 is 17.9 Å². The summed E-state index contributed by atoms with van der Waals surface area (Å²) in [6.07, 6.45) is 70.6. The highest BCUT2D eigenvalue weighted by Crippen LogP contribution is 2.12. The molecular weight excluding hydrogens is 793 g/mol. The highest BCUT2D eigenvalue weighted by Gasteiger charge is 2.19. The molecule has 0 amide bonds. The molecule has 64 heavy (non-hydrogen) atoms. The van der Waals surface area contributed by atoms with Crippen molar-refractivity contribution in [2.24, 2.45) is 0 Å². The molecule has 1 unspecified atom stereocenters. The van der Waals surface area contributed by atoms with Crippen molar-refractivity contribution < 1.29 is 28.6 Å². The van der Waals surface area contributed by atoms with E-state index in [1.54, 1.807) is 6.08 Å². The molecule has 0 saturated carbocycles. The molecule has 0 fully saturated rings. The zero-order valence-corrected chi connectivity index (χ0v) is 41.0. The normalized spacial score (nSPS) is 13.1. The van der Waals surface area contributed by atoms with Gasteiger partial charge in [0.2, 0.25) is 0 Å². The van der Waals surface area contributed by atoms with Crippen LogP contribution in [0.3, 0.4) is 0 Å². The standard InChI is InChI=1S/C58H92O6/c1-4-7-10-13-16-19-22-25-28-29-31-33-36-39-42-45-48-51-57(60)63-54-55(53-62-56(59)50-47-44-41-38-35-32-27-24-21-18-15-12-9-6-3)64-58(61)52-49-46-43-40-37-34-30-26-23-20-17-14-11-8-5-2/h7-8,10-11,15-20,24-28,30,37,40,46,49,55H,4-6,9,12-14,21-23,29,31-36,38-39,41-45,47-48,50-54H2,1-3H3/b10-7-,11-8-,18-15-,19-16-,20-17-,27-24-,28-25-,30-26-,40-37-,49-46-. The lowest BCUT2D eigenvalue weighted by atomic mass is 10.1. The number of esters is 3. The monoisotopic (exact) mass is 885 g/mol. The third-order valence-electron chi connectivity index (χ3n) is 10.2. The quantitative estimate of drug-likeness (QED) is 0.0262. The van der Waals surface area contributed by atoms with Crippen molar-refractivity contribution in [3.63, 3.8) is 0 Å². The maximum atomic E-state index is 12.7. The second kappa shape index (κ2) is 51.4. The summed E-state index contributed by atoms with van der Waals surface area (Å²) >= 11 is 0. The molecule has 1 atom stereocenters. The smallest absolute Gasteiger partial charge is 0.310 e. The van der Waals surface area contributed by atoms with E-state index < -0.39 is 12.1 Å². The van der Waals surface area contributed by atoms with Gasteiger partial charge in [-0.2, -0.15) is 0 Å². The van der Waals surface area contributed by atoms with E-state index in [2.05, 4.69) is 130 Å². The van der Waals surface area contributed by atoms with Crippen molar-refractivity contribution >= 4 is 17.9 Å². The van der Waals surface area contributed by atoms with E-state index >= 15 is 0 Å². The first-order valence-electron chi connectivity index (χ1n) is 25.5. The summed E-state index contributed by atoms with van der Waals surface area (Å²) in [6.45, 7) is 6.25. The number of allylic oxidation sites excluding steroid dienone is 19. The Morgan fingerprint density at radius 1 is 0.344 bits per heavy atom. The Balaban J connectivity index is 4.56. The van der Waals surface area contributed by atoms with Crippen LogP contribution in [-0.2, 0) is 28.6 Å². The van der Waals surface area contributed by atoms with Crippen LogP contribution in [0.1, 0.15) is 207 Å². The lowest BCUT2D eigenvalue weighted by Crippen LogP contribution is -2.30.